The first-order valence-electron chi connectivity index (χ1n) is 8.99. The van der Waals surface area contributed by atoms with Crippen LogP contribution in [0, 0.1) is 0 Å². The number of aromatic nitrogens is 1. The van der Waals surface area contributed by atoms with Crippen LogP contribution in [0.2, 0.25) is 0 Å². The lowest BCUT2D eigenvalue weighted by Gasteiger charge is -2.44. The Labute approximate surface area is 173 Å². The third-order valence-electron chi connectivity index (χ3n) is 5.17. The summed E-state index contributed by atoms with van der Waals surface area (Å²) in [6, 6.07) is 13.2. The van der Waals surface area contributed by atoms with Gasteiger partial charge in [-0.3, -0.25) is 9.59 Å². The van der Waals surface area contributed by atoms with E-state index >= 15 is 0 Å². The van der Waals surface area contributed by atoms with E-state index in [-0.39, 0.29) is 11.8 Å². The molecule has 8 heteroatoms. The summed E-state index contributed by atoms with van der Waals surface area (Å²) in [5, 5.41) is 3.50. The average molecular weight is 458 g/mol. The largest absolute Gasteiger partial charge is 0.467 e. The van der Waals surface area contributed by atoms with Crippen LogP contribution in [0.5, 0.6) is 5.75 Å². The predicted molar refractivity (Wildman–Crippen MR) is 110 cm³/mol. The minimum absolute atomic E-state index is 0.0671. The molecule has 0 saturated carbocycles. The van der Waals surface area contributed by atoms with E-state index in [9.17, 15) is 9.59 Å². The van der Waals surface area contributed by atoms with Crippen molar-refractivity contribution in [2.75, 3.05) is 13.1 Å². The molecule has 6 nitrogen and oxygen atoms in total. The fourth-order valence-electron chi connectivity index (χ4n) is 3.68. The van der Waals surface area contributed by atoms with Crippen LogP contribution in [0.15, 0.2) is 46.9 Å². The Hall–Kier alpha value is -2.45. The van der Waals surface area contributed by atoms with E-state index in [1.807, 2.05) is 30.3 Å². The zero-order chi connectivity index (χ0) is 19.3. The van der Waals surface area contributed by atoms with Gasteiger partial charge in [-0.05, 0) is 30.3 Å². The van der Waals surface area contributed by atoms with Crippen LogP contribution in [0.1, 0.15) is 33.0 Å². The number of nitrogens with one attached hydrogen (secondary N) is 1. The molecule has 0 atom stereocenters. The minimum atomic E-state index is -0.762. The maximum absolute atomic E-state index is 12.9. The SMILES string of the molecule is O=C1NC2(CCN(C(=O)c3nc4ccccc4s3)CC2)Oc2ccc(Br)cc21. The van der Waals surface area contributed by atoms with Gasteiger partial charge >= 0.3 is 0 Å². The van der Waals surface area contributed by atoms with Gasteiger partial charge in [-0.1, -0.05) is 28.1 Å². The molecule has 0 bridgehead atoms. The zero-order valence-electron chi connectivity index (χ0n) is 14.8. The lowest BCUT2D eigenvalue weighted by molar-refractivity contribution is -0.0245. The highest BCUT2D eigenvalue weighted by Gasteiger charge is 2.43. The van der Waals surface area contributed by atoms with E-state index < -0.39 is 5.72 Å². The smallest absolute Gasteiger partial charge is 0.282 e. The van der Waals surface area contributed by atoms with Crippen LogP contribution in [0.3, 0.4) is 0 Å². The predicted octanol–water partition coefficient (Wildman–Crippen LogP) is 3.81. The second-order valence-corrected chi connectivity index (χ2v) is 8.92. The summed E-state index contributed by atoms with van der Waals surface area (Å²) < 4.78 is 8.00. The third kappa shape index (κ3) is 2.97. The van der Waals surface area contributed by atoms with Gasteiger partial charge in [0.2, 0.25) is 0 Å². The molecule has 0 radical (unpaired) electrons. The Balaban J connectivity index is 1.33. The molecule has 2 aliphatic heterocycles. The maximum Gasteiger partial charge on any atom is 0.282 e. The van der Waals surface area contributed by atoms with Gasteiger partial charge in [0.1, 0.15) is 5.75 Å². The van der Waals surface area contributed by atoms with E-state index in [2.05, 4.69) is 26.2 Å². The molecule has 0 aliphatic carbocycles. The summed E-state index contributed by atoms with van der Waals surface area (Å²) in [4.78, 5) is 31.7. The van der Waals surface area contributed by atoms with Crippen molar-refractivity contribution in [3.63, 3.8) is 0 Å². The Morgan fingerprint density at radius 1 is 1.21 bits per heavy atom. The molecule has 142 valence electrons. The van der Waals surface area contributed by atoms with Gasteiger partial charge < -0.3 is 15.0 Å². The van der Waals surface area contributed by atoms with Crippen LogP contribution in [-0.4, -0.2) is 40.5 Å². The summed E-state index contributed by atoms with van der Waals surface area (Å²) in [5.41, 5.74) is 0.602. The number of amides is 2. The van der Waals surface area contributed by atoms with E-state index in [0.29, 0.717) is 42.3 Å². The monoisotopic (exact) mass is 457 g/mol. The van der Waals surface area contributed by atoms with Gasteiger partial charge in [0.15, 0.2) is 10.7 Å². The average Bonchev–Trinajstić information content (AvgIpc) is 3.13. The molecular weight excluding hydrogens is 442 g/mol. The van der Waals surface area contributed by atoms with Crippen LogP contribution in [0.25, 0.3) is 10.2 Å². The van der Waals surface area contributed by atoms with Crippen molar-refractivity contribution in [3.05, 3.63) is 57.5 Å². The highest BCUT2D eigenvalue weighted by atomic mass is 79.9. The van der Waals surface area contributed by atoms with Gasteiger partial charge in [0.25, 0.3) is 11.8 Å². The van der Waals surface area contributed by atoms with E-state index in [1.165, 1.54) is 11.3 Å². The molecule has 28 heavy (non-hydrogen) atoms. The molecule has 2 amide bonds. The molecule has 3 aromatic rings. The first-order chi connectivity index (χ1) is 13.5. The lowest BCUT2D eigenvalue weighted by Crippen LogP contribution is -2.61. The number of nitrogens with zero attached hydrogens (tertiary/aromatic N) is 2. The standard InChI is InChI=1S/C20H16BrN3O3S/c21-12-5-6-15-13(11-12)17(25)23-20(27-15)7-9-24(10-8-20)19(26)18-22-14-3-1-2-4-16(14)28-18/h1-6,11H,7-10H2,(H,23,25). The number of piperidine rings is 1. The molecule has 2 aromatic carbocycles. The van der Waals surface area contributed by atoms with Crippen molar-refractivity contribution in [2.24, 2.45) is 0 Å². The highest BCUT2D eigenvalue weighted by Crippen LogP contribution is 2.35. The van der Waals surface area contributed by atoms with Crippen LogP contribution < -0.4 is 10.1 Å². The van der Waals surface area contributed by atoms with Crippen molar-refractivity contribution < 1.29 is 14.3 Å². The number of para-hydroxylation sites is 1. The van der Waals surface area contributed by atoms with Crippen molar-refractivity contribution >= 4 is 49.3 Å². The second kappa shape index (κ2) is 6.56. The van der Waals surface area contributed by atoms with E-state index in [0.717, 1.165) is 14.7 Å². The number of halogens is 1. The molecule has 1 saturated heterocycles. The number of rotatable bonds is 1. The molecule has 5 rings (SSSR count). The summed E-state index contributed by atoms with van der Waals surface area (Å²) in [5.74, 6) is 0.369. The molecule has 1 fully saturated rings. The van der Waals surface area contributed by atoms with Crippen LogP contribution in [0.4, 0.5) is 0 Å². The first kappa shape index (κ1) is 17.6. The molecule has 1 spiro atoms. The van der Waals surface area contributed by atoms with Crippen molar-refractivity contribution in [2.45, 2.75) is 18.6 Å². The Morgan fingerprint density at radius 2 is 2.00 bits per heavy atom. The number of thiazole rings is 1. The number of hydrogen-bond acceptors (Lipinski definition) is 5. The number of carbonyl (C=O) groups is 2. The summed E-state index contributed by atoms with van der Waals surface area (Å²) >= 11 is 4.79. The molecular formula is C20H16BrN3O3S. The number of hydrogen-bond donors (Lipinski definition) is 1. The summed E-state index contributed by atoms with van der Waals surface area (Å²) in [6.45, 7) is 1.00. The maximum atomic E-state index is 12.9. The Morgan fingerprint density at radius 3 is 2.79 bits per heavy atom. The van der Waals surface area contributed by atoms with Crippen molar-refractivity contribution in [1.29, 1.82) is 0 Å². The number of carbonyl (C=O) groups excluding carboxylic acids is 2. The quantitative estimate of drug-likeness (QED) is 0.602. The normalized spacial score (nSPS) is 17.9. The first-order valence-corrected chi connectivity index (χ1v) is 10.6. The van der Waals surface area contributed by atoms with Crippen molar-refractivity contribution in [3.8, 4) is 5.75 Å². The van der Waals surface area contributed by atoms with Crippen LogP contribution in [-0.2, 0) is 0 Å². The number of ether oxygens (including phenoxy) is 1. The Kier molecular flexibility index (Phi) is 4.13. The van der Waals surface area contributed by atoms with Gasteiger partial charge in [0.05, 0.1) is 15.8 Å². The van der Waals surface area contributed by atoms with Gasteiger partial charge in [-0.15, -0.1) is 11.3 Å². The number of likely N-dealkylation sites (tertiary alicyclic amines) is 1. The molecule has 2 aliphatic rings. The van der Waals surface area contributed by atoms with Gasteiger partial charge in [0, 0.05) is 30.4 Å². The Bertz CT molecular complexity index is 1070. The molecule has 0 unspecified atom stereocenters. The molecule has 3 heterocycles. The highest BCUT2D eigenvalue weighted by molar-refractivity contribution is 9.10. The zero-order valence-corrected chi connectivity index (χ0v) is 17.2. The number of benzene rings is 2. The topological polar surface area (TPSA) is 71.5 Å². The summed E-state index contributed by atoms with van der Waals surface area (Å²) in [7, 11) is 0. The number of fused-ring (bicyclic) bond motifs is 2. The second-order valence-electron chi connectivity index (χ2n) is 6.97. The van der Waals surface area contributed by atoms with E-state index in [4.69, 9.17) is 4.74 Å². The molecule has 1 aromatic heterocycles. The fraction of sp³-hybridized carbons (Fsp3) is 0.250. The van der Waals surface area contributed by atoms with Crippen molar-refractivity contribution in [1.82, 2.24) is 15.2 Å². The van der Waals surface area contributed by atoms with E-state index in [1.54, 1.807) is 17.0 Å². The van der Waals surface area contributed by atoms with Gasteiger partial charge in [-0.25, -0.2) is 4.98 Å². The summed E-state index contributed by atoms with van der Waals surface area (Å²) in [6.07, 6.45) is 1.07. The fourth-order valence-corrected chi connectivity index (χ4v) is 4.97. The lowest BCUT2D eigenvalue weighted by atomic mass is 9.97. The van der Waals surface area contributed by atoms with Gasteiger partial charge in [-0.2, -0.15) is 0 Å². The minimum Gasteiger partial charge on any atom is -0.467 e. The van der Waals surface area contributed by atoms with Crippen LogP contribution >= 0.6 is 27.3 Å². The molecule has 1 N–H and O–H groups in total. The third-order valence-corrected chi connectivity index (χ3v) is 6.69.